The first-order valence-corrected chi connectivity index (χ1v) is 8.60. The molecule has 1 saturated carbocycles. The Labute approximate surface area is 146 Å². The molecule has 1 aliphatic rings. The molecule has 3 rings (SSSR count). The van der Waals surface area contributed by atoms with Crippen molar-refractivity contribution in [2.24, 2.45) is 4.99 Å². The van der Waals surface area contributed by atoms with Crippen LogP contribution in [-0.2, 0) is 6.42 Å². The molecule has 7 heteroatoms. The number of hydrogen-bond acceptors (Lipinski definition) is 4. The number of hydrogen-bond donors (Lipinski definition) is 2. The molecule has 0 aliphatic heterocycles. The van der Waals surface area contributed by atoms with Crippen molar-refractivity contribution in [1.29, 1.82) is 0 Å². The summed E-state index contributed by atoms with van der Waals surface area (Å²) in [6.07, 6.45) is 3.02. The Morgan fingerprint density at radius 1 is 1.38 bits per heavy atom. The van der Waals surface area contributed by atoms with Crippen molar-refractivity contribution >= 4 is 17.6 Å². The molecule has 0 radical (unpaired) electrons. The van der Waals surface area contributed by atoms with Crippen LogP contribution in [0, 0.1) is 6.92 Å². The zero-order valence-electron chi connectivity index (χ0n) is 13.9. The second kappa shape index (κ2) is 7.66. The van der Waals surface area contributed by atoms with Crippen molar-refractivity contribution in [2.75, 3.05) is 6.54 Å². The third kappa shape index (κ3) is 4.96. The molecule has 1 fully saturated rings. The summed E-state index contributed by atoms with van der Waals surface area (Å²) in [7, 11) is 0. The Balaban J connectivity index is 1.59. The Morgan fingerprint density at radius 2 is 2.12 bits per heavy atom. The van der Waals surface area contributed by atoms with Crippen molar-refractivity contribution < 1.29 is 4.52 Å². The quantitative estimate of drug-likeness (QED) is 0.620. The smallest absolute Gasteiger partial charge is 0.228 e. The van der Waals surface area contributed by atoms with Gasteiger partial charge in [-0.15, -0.1) is 0 Å². The Hall–Kier alpha value is -2.08. The lowest BCUT2D eigenvalue weighted by atomic mass is 10.1. The van der Waals surface area contributed by atoms with E-state index in [1.807, 2.05) is 31.2 Å². The van der Waals surface area contributed by atoms with Gasteiger partial charge in [0.1, 0.15) is 0 Å². The first-order chi connectivity index (χ1) is 11.6. The van der Waals surface area contributed by atoms with Gasteiger partial charge < -0.3 is 15.2 Å². The number of nitrogens with zero attached hydrogens (tertiary/aromatic N) is 3. The molecule has 0 bridgehead atoms. The van der Waals surface area contributed by atoms with Gasteiger partial charge in [0.25, 0.3) is 0 Å². The third-order valence-corrected chi connectivity index (χ3v) is 4.06. The average Bonchev–Trinajstić information content (AvgIpc) is 3.27. The van der Waals surface area contributed by atoms with Crippen LogP contribution in [-0.4, -0.2) is 28.7 Å². The second-order valence-electron chi connectivity index (χ2n) is 6.05. The van der Waals surface area contributed by atoms with Gasteiger partial charge in [-0.2, -0.15) is 4.98 Å². The third-order valence-electron chi connectivity index (χ3n) is 3.81. The summed E-state index contributed by atoms with van der Waals surface area (Å²) >= 11 is 5.95. The lowest BCUT2D eigenvalue weighted by molar-refractivity contribution is 0.376. The van der Waals surface area contributed by atoms with Crippen LogP contribution in [0.4, 0.5) is 0 Å². The second-order valence-corrected chi connectivity index (χ2v) is 6.49. The summed E-state index contributed by atoms with van der Waals surface area (Å²) in [4.78, 5) is 8.83. The highest BCUT2D eigenvalue weighted by atomic mass is 35.5. The maximum Gasteiger partial charge on any atom is 0.228 e. The van der Waals surface area contributed by atoms with Crippen LogP contribution in [0.1, 0.15) is 43.1 Å². The molecule has 6 nitrogen and oxygen atoms in total. The number of halogens is 1. The van der Waals surface area contributed by atoms with Gasteiger partial charge in [0, 0.05) is 17.5 Å². The molecular weight excluding hydrogens is 326 g/mol. The molecule has 0 saturated heterocycles. The molecule has 1 atom stereocenters. The molecule has 2 aromatic rings. The van der Waals surface area contributed by atoms with E-state index in [4.69, 9.17) is 16.1 Å². The number of guanidine groups is 1. The number of aryl methyl sites for hydroxylation is 1. The van der Waals surface area contributed by atoms with Crippen LogP contribution in [0.15, 0.2) is 33.8 Å². The van der Waals surface area contributed by atoms with E-state index < -0.39 is 0 Å². The lowest BCUT2D eigenvalue weighted by Crippen LogP contribution is -2.40. The highest BCUT2D eigenvalue weighted by Crippen LogP contribution is 2.19. The van der Waals surface area contributed by atoms with Crippen LogP contribution >= 0.6 is 11.6 Å². The van der Waals surface area contributed by atoms with Crippen molar-refractivity contribution in [3.63, 3.8) is 0 Å². The van der Waals surface area contributed by atoms with Crippen LogP contribution in [0.5, 0.6) is 0 Å². The largest absolute Gasteiger partial charge is 0.354 e. The number of benzene rings is 1. The fourth-order valence-electron chi connectivity index (χ4n) is 2.30. The Morgan fingerprint density at radius 3 is 2.75 bits per heavy atom. The minimum absolute atomic E-state index is 0.137. The number of aliphatic imine (C=N–C) groups is 1. The Kier molecular flexibility index (Phi) is 5.35. The minimum atomic E-state index is 0.137. The summed E-state index contributed by atoms with van der Waals surface area (Å²) < 4.78 is 5.12. The highest BCUT2D eigenvalue weighted by molar-refractivity contribution is 6.30. The number of nitrogens with one attached hydrogen (secondary N) is 2. The molecule has 2 N–H and O–H groups in total. The standard InChI is InChI=1S/C17H22ClN5O/c1-11(13-3-5-14(18)6-4-13)20-17(22-15-7-8-15)19-10-9-16-21-12(2)23-24-16/h3-6,11,15H,7-10H2,1-2H3,(H2,19,20,22). The van der Waals surface area contributed by atoms with Crippen LogP contribution in [0.25, 0.3) is 0 Å². The lowest BCUT2D eigenvalue weighted by Gasteiger charge is -2.18. The van der Waals surface area contributed by atoms with E-state index in [9.17, 15) is 0 Å². The zero-order valence-corrected chi connectivity index (χ0v) is 14.7. The van der Waals surface area contributed by atoms with Crippen molar-refractivity contribution in [1.82, 2.24) is 20.8 Å². The van der Waals surface area contributed by atoms with E-state index in [-0.39, 0.29) is 6.04 Å². The van der Waals surface area contributed by atoms with Gasteiger partial charge in [-0.05, 0) is 44.4 Å². The van der Waals surface area contributed by atoms with Gasteiger partial charge in [-0.3, -0.25) is 4.99 Å². The van der Waals surface area contributed by atoms with Crippen molar-refractivity contribution in [3.8, 4) is 0 Å². The fourth-order valence-corrected chi connectivity index (χ4v) is 2.42. The van der Waals surface area contributed by atoms with E-state index in [0.29, 0.717) is 30.7 Å². The predicted octanol–water partition coefficient (Wildman–Crippen LogP) is 3.03. The molecule has 0 spiro atoms. The summed E-state index contributed by atoms with van der Waals surface area (Å²) in [5.74, 6) is 2.09. The first-order valence-electron chi connectivity index (χ1n) is 8.22. The normalized spacial score (nSPS) is 16.0. The molecular formula is C17H22ClN5O. The molecule has 1 heterocycles. The van der Waals surface area contributed by atoms with Crippen LogP contribution in [0.3, 0.4) is 0 Å². The minimum Gasteiger partial charge on any atom is -0.354 e. The molecule has 128 valence electrons. The van der Waals surface area contributed by atoms with E-state index in [0.717, 1.165) is 16.5 Å². The van der Waals surface area contributed by atoms with Gasteiger partial charge in [-0.1, -0.05) is 28.9 Å². The van der Waals surface area contributed by atoms with E-state index in [1.165, 1.54) is 12.8 Å². The molecule has 0 amide bonds. The highest BCUT2D eigenvalue weighted by Gasteiger charge is 2.23. The Bertz CT molecular complexity index is 693. The van der Waals surface area contributed by atoms with Gasteiger partial charge in [0.05, 0.1) is 12.6 Å². The number of rotatable bonds is 6. The monoisotopic (exact) mass is 347 g/mol. The number of aromatic nitrogens is 2. The molecule has 1 aromatic carbocycles. The predicted molar refractivity (Wildman–Crippen MR) is 94.2 cm³/mol. The van der Waals surface area contributed by atoms with Gasteiger partial charge >= 0.3 is 0 Å². The summed E-state index contributed by atoms with van der Waals surface area (Å²) in [5, 5.41) is 11.4. The van der Waals surface area contributed by atoms with Crippen LogP contribution < -0.4 is 10.6 Å². The molecule has 1 unspecified atom stereocenters. The van der Waals surface area contributed by atoms with Crippen LogP contribution in [0.2, 0.25) is 5.02 Å². The van der Waals surface area contributed by atoms with Gasteiger partial charge in [0.15, 0.2) is 11.8 Å². The van der Waals surface area contributed by atoms with Gasteiger partial charge in [0.2, 0.25) is 5.89 Å². The molecule has 24 heavy (non-hydrogen) atoms. The zero-order chi connectivity index (χ0) is 16.9. The molecule has 1 aliphatic carbocycles. The van der Waals surface area contributed by atoms with Crippen molar-refractivity contribution in [2.45, 2.75) is 45.2 Å². The summed E-state index contributed by atoms with van der Waals surface area (Å²) in [6.45, 7) is 4.51. The fraction of sp³-hybridized carbons (Fsp3) is 0.471. The maximum atomic E-state index is 5.95. The molecule has 1 aromatic heterocycles. The summed E-state index contributed by atoms with van der Waals surface area (Å²) in [6, 6.07) is 8.51. The van der Waals surface area contributed by atoms with E-state index >= 15 is 0 Å². The van der Waals surface area contributed by atoms with E-state index in [1.54, 1.807) is 0 Å². The first kappa shape index (κ1) is 16.8. The summed E-state index contributed by atoms with van der Waals surface area (Å²) in [5.41, 5.74) is 1.16. The topological polar surface area (TPSA) is 75.3 Å². The SMILES string of the molecule is Cc1noc(CCN=C(NC2CC2)NC(C)c2ccc(Cl)cc2)n1. The van der Waals surface area contributed by atoms with E-state index in [2.05, 4.69) is 32.7 Å². The van der Waals surface area contributed by atoms with Gasteiger partial charge in [-0.25, -0.2) is 0 Å². The average molecular weight is 348 g/mol. The van der Waals surface area contributed by atoms with Crippen molar-refractivity contribution in [3.05, 3.63) is 46.6 Å². The maximum absolute atomic E-state index is 5.95.